The smallest absolute Gasteiger partial charge is 0.317 e. The topological polar surface area (TPSA) is 406 Å². The first-order valence-corrected chi connectivity index (χ1v) is 43.5. The van der Waals surface area contributed by atoms with Crippen LogP contribution in [-0.4, -0.2) is 175 Å². The molecule has 0 aliphatic carbocycles. The Morgan fingerprint density at radius 1 is 0.190 bits per heavy atom. The van der Waals surface area contributed by atoms with Crippen LogP contribution < -0.4 is 21.3 Å². The third kappa shape index (κ3) is 61.1. The van der Waals surface area contributed by atoms with Crippen molar-refractivity contribution in [1.82, 2.24) is 21.3 Å². The lowest BCUT2D eigenvalue weighted by molar-refractivity contribution is -0.158. The summed E-state index contributed by atoms with van der Waals surface area (Å²) in [6.45, 7) is 47.3. The highest BCUT2D eigenvalue weighted by atomic mass is 16.6. The number of esters is 11. The van der Waals surface area contributed by atoms with Crippen LogP contribution in [0.1, 0.15) is 406 Å². The van der Waals surface area contributed by atoms with Crippen molar-refractivity contribution >= 4 is 89.3 Å². The van der Waals surface area contributed by atoms with Gasteiger partial charge in [-0.1, -0.05) is 26.2 Å². The number of ether oxygens (including phenoxy) is 11. The first-order chi connectivity index (χ1) is 55.0. The third-order valence-electron chi connectivity index (χ3n) is 18.0. The summed E-state index contributed by atoms with van der Waals surface area (Å²) in [6, 6.07) is 0. The molecule has 0 unspecified atom stereocenters. The normalized spacial score (nSPS) is 12.8. The molecular weight excluding hydrogens is 1570 g/mol. The second-order valence-corrected chi connectivity index (χ2v) is 41.1. The number of carbonyl (C=O) groups is 15. The first kappa shape index (κ1) is 113. The van der Waals surface area contributed by atoms with E-state index in [0.717, 1.165) is 19.3 Å². The first-order valence-electron chi connectivity index (χ1n) is 43.5. The van der Waals surface area contributed by atoms with Gasteiger partial charge in [0.15, 0.2) is 0 Å². The Hall–Kier alpha value is -7.95. The molecule has 4 amide bonds. The summed E-state index contributed by atoms with van der Waals surface area (Å²) in [5.41, 5.74) is -15.2. The van der Waals surface area contributed by atoms with E-state index in [9.17, 15) is 52.7 Å². The number of carbonyl (C=O) groups excluding carboxylic acids is 15. The average molecular weight is 1720 g/mol. The van der Waals surface area contributed by atoms with Crippen molar-refractivity contribution in [1.29, 1.82) is 0 Å². The Kier molecular flexibility index (Phi) is 47.4. The molecule has 0 aromatic rings. The van der Waals surface area contributed by atoms with E-state index in [4.69, 9.17) is 52.1 Å². The molecule has 698 valence electrons. The second kappa shape index (κ2) is 50.7. The fourth-order valence-electron chi connectivity index (χ4n) is 13.0. The van der Waals surface area contributed by atoms with Crippen molar-refractivity contribution in [3.05, 3.63) is 0 Å². The minimum absolute atomic E-state index is 0.119. The van der Waals surface area contributed by atoms with Gasteiger partial charge in [-0.2, -0.15) is 0 Å². The molecule has 0 bridgehead atoms. The molecule has 0 saturated heterocycles. The van der Waals surface area contributed by atoms with Crippen LogP contribution in [0.3, 0.4) is 0 Å². The van der Waals surface area contributed by atoms with Gasteiger partial charge in [0.2, 0.25) is 23.6 Å². The SMILES string of the molecule is CCCCCCOC(=O)CC(=O)OCCCCCC(=O)NC(CCC(=O)NC(CCC(=O)OC(C)(C)C)(CCC(=O)OC(C)(C)C)CCC(=O)OC(C)(C)C)(CCC(=O)NC(CCC(=O)OC(C)(C)C)(CCC(=O)OC(C)(C)C)CCC(=O)OC(C)(C)C)CCC(=O)NC(CCC(=O)OC(C)(C)C)(CCC(=O)OC(C)(C)C)CCC(=O)OC(C)(C)C. The predicted octanol–water partition coefficient (Wildman–Crippen LogP) is 15.5. The molecule has 0 aliphatic rings. The molecule has 30 nitrogen and oxygen atoms in total. The predicted molar refractivity (Wildman–Crippen MR) is 456 cm³/mol. The largest absolute Gasteiger partial charge is 0.465 e. The Morgan fingerprint density at radius 3 is 0.512 bits per heavy atom. The van der Waals surface area contributed by atoms with Gasteiger partial charge in [-0.05, 0) is 290 Å². The summed E-state index contributed by atoms with van der Waals surface area (Å²) < 4.78 is 62.2. The lowest BCUT2D eigenvalue weighted by atomic mass is 9.80. The zero-order valence-electron chi connectivity index (χ0n) is 79.4. The summed E-state index contributed by atoms with van der Waals surface area (Å²) in [4.78, 5) is 211. The lowest BCUT2D eigenvalue weighted by Crippen LogP contribution is -2.54. The van der Waals surface area contributed by atoms with E-state index in [1.54, 1.807) is 187 Å². The fraction of sp³-hybridized carbons (Fsp3) is 0.835. The van der Waals surface area contributed by atoms with E-state index in [2.05, 4.69) is 21.3 Å². The minimum atomic E-state index is -1.83. The van der Waals surface area contributed by atoms with Crippen molar-refractivity contribution in [2.75, 3.05) is 13.2 Å². The van der Waals surface area contributed by atoms with Crippen LogP contribution in [0, 0.1) is 0 Å². The fourth-order valence-corrected chi connectivity index (χ4v) is 13.0. The summed E-state index contributed by atoms with van der Waals surface area (Å²) in [7, 11) is 0. The van der Waals surface area contributed by atoms with Crippen molar-refractivity contribution in [2.45, 2.75) is 478 Å². The highest BCUT2D eigenvalue weighted by Crippen LogP contribution is 2.36. The van der Waals surface area contributed by atoms with E-state index in [1.165, 1.54) is 0 Å². The molecule has 0 radical (unpaired) electrons. The number of nitrogens with one attached hydrogen (secondary N) is 4. The van der Waals surface area contributed by atoms with Gasteiger partial charge in [0.1, 0.15) is 56.8 Å². The monoisotopic (exact) mass is 1720 g/mol. The molecule has 0 heterocycles. The van der Waals surface area contributed by atoms with Gasteiger partial charge >= 0.3 is 65.7 Å². The third-order valence-corrected chi connectivity index (χ3v) is 18.0. The summed E-state index contributed by atoms with van der Waals surface area (Å²) >= 11 is 0. The maximum absolute atomic E-state index is 15.6. The van der Waals surface area contributed by atoms with Gasteiger partial charge < -0.3 is 73.4 Å². The highest BCUT2D eigenvalue weighted by molar-refractivity contribution is 5.91. The number of hydrogen-bond donors (Lipinski definition) is 4. The van der Waals surface area contributed by atoms with Crippen LogP contribution >= 0.6 is 0 Å². The van der Waals surface area contributed by atoms with Crippen molar-refractivity contribution in [3.8, 4) is 0 Å². The molecule has 0 fully saturated rings. The van der Waals surface area contributed by atoms with Crippen LogP contribution in [0.15, 0.2) is 0 Å². The molecule has 30 heteroatoms. The standard InChI is InChI=1S/C91H158N4O26/c1-29-30-31-34-61-111-77(109)63-78(110)112-62-35-32-33-36-64(96)92-88(49-37-65(97)93-89(52-40-68(100)113-79(2,3)4,53-41-69(101)114-80(5,6)7)54-42-70(102)115-81(8,9)10,50-38-66(98)94-90(55-43-71(103)116-82(11,12)13,56-44-72(104)117-83(14,15)16)57-45-73(105)118-84(17,18)19)51-39-67(99)95-91(58-46-74(106)119-85(20,21)22,59-47-75(107)120-86(23,24)25)60-48-76(108)121-87(26,27)28/h29-63H2,1-28H3,(H,92,96)(H,93,97)(H,94,98)(H,95,99). The van der Waals surface area contributed by atoms with Gasteiger partial charge in [0, 0.05) is 106 Å². The van der Waals surface area contributed by atoms with Crippen molar-refractivity contribution in [2.24, 2.45) is 0 Å². The van der Waals surface area contributed by atoms with Crippen molar-refractivity contribution in [3.63, 3.8) is 0 Å². The maximum Gasteiger partial charge on any atom is 0.317 e. The van der Waals surface area contributed by atoms with E-state index < -0.39 is 207 Å². The highest BCUT2D eigenvalue weighted by Gasteiger charge is 2.43. The van der Waals surface area contributed by atoms with E-state index in [1.807, 2.05) is 6.92 Å². The van der Waals surface area contributed by atoms with Gasteiger partial charge in [0.05, 0.1) is 13.2 Å². The molecule has 121 heavy (non-hydrogen) atoms. The van der Waals surface area contributed by atoms with E-state index in [-0.39, 0.29) is 154 Å². The number of hydrogen-bond acceptors (Lipinski definition) is 26. The van der Waals surface area contributed by atoms with Crippen LogP contribution in [0.5, 0.6) is 0 Å². The van der Waals surface area contributed by atoms with Crippen molar-refractivity contribution < 1.29 is 124 Å². The quantitative estimate of drug-likeness (QED) is 0.0190. The van der Waals surface area contributed by atoms with Gasteiger partial charge in [0.25, 0.3) is 0 Å². The van der Waals surface area contributed by atoms with Gasteiger partial charge in [-0.15, -0.1) is 0 Å². The van der Waals surface area contributed by atoms with Crippen LogP contribution in [0.25, 0.3) is 0 Å². The Bertz CT molecular complexity index is 2820. The molecule has 0 atom stereocenters. The molecule has 4 N–H and O–H groups in total. The summed E-state index contributed by atoms with van der Waals surface area (Å²) in [5, 5.41) is 12.4. The number of unbranched alkanes of at least 4 members (excludes halogenated alkanes) is 5. The maximum atomic E-state index is 15.6. The molecule has 0 rings (SSSR count). The lowest BCUT2D eigenvalue weighted by Gasteiger charge is -2.39. The van der Waals surface area contributed by atoms with Gasteiger partial charge in [-0.25, -0.2) is 0 Å². The van der Waals surface area contributed by atoms with E-state index >= 15 is 19.2 Å². The molecule has 0 aromatic heterocycles. The summed E-state index contributed by atoms with van der Waals surface area (Å²) in [6.07, 6.45) is -4.24. The van der Waals surface area contributed by atoms with Crippen LogP contribution in [-0.2, 0) is 124 Å². The van der Waals surface area contributed by atoms with Gasteiger partial charge in [-0.3, -0.25) is 71.9 Å². The average Bonchev–Trinajstić information content (AvgIpc) is 0.833. The Morgan fingerprint density at radius 2 is 0.347 bits per heavy atom. The van der Waals surface area contributed by atoms with Crippen LogP contribution in [0.4, 0.5) is 0 Å². The Labute approximate surface area is 722 Å². The Balaban J connectivity index is 9.35. The zero-order chi connectivity index (χ0) is 93.5. The zero-order valence-corrected chi connectivity index (χ0v) is 79.4. The minimum Gasteiger partial charge on any atom is -0.465 e. The number of amides is 4. The molecular formula is C91H158N4O26. The number of rotatable bonds is 53. The molecule has 0 aromatic carbocycles. The second-order valence-electron chi connectivity index (χ2n) is 41.1. The summed E-state index contributed by atoms with van der Waals surface area (Å²) in [5.74, 6) is -10.5. The van der Waals surface area contributed by atoms with E-state index in [0.29, 0.717) is 6.42 Å². The molecule has 0 saturated carbocycles. The van der Waals surface area contributed by atoms with Crippen LogP contribution in [0.2, 0.25) is 0 Å². The molecule has 0 spiro atoms. The molecule has 0 aliphatic heterocycles.